The van der Waals surface area contributed by atoms with Crippen LogP contribution in [0.3, 0.4) is 0 Å². The molecule has 0 bridgehead atoms. The van der Waals surface area contributed by atoms with E-state index in [1.54, 1.807) is 11.5 Å². The molecule has 0 saturated carbocycles. The third kappa shape index (κ3) is 3.51. The van der Waals surface area contributed by atoms with Gasteiger partial charge in [-0.15, -0.1) is 0 Å². The highest BCUT2D eigenvalue weighted by atomic mass is 19.4. The van der Waals surface area contributed by atoms with E-state index in [4.69, 9.17) is 0 Å². The molecule has 0 aliphatic heterocycles. The van der Waals surface area contributed by atoms with E-state index in [0.29, 0.717) is 0 Å². The molecular weight excluding hydrogens is 259 g/mol. The van der Waals surface area contributed by atoms with Crippen LogP contribution in [0.2, 0.25) is 0 Å². The Morgan fingerprint density at radius 2 is 1.67 bits per heavy atom. The number of halogens is 5. The Morgan fingerprint density at radius 1 is 1.11 bits per heavy atom. The van der Waals surface area contributed by atoms with E-state index < -0.39 is 24.2 Å². The third-order valence-corrected chi connectivity index (χ3v) is 1.81. The number of rotatable bonds is 3. The molecule has 1 amide bonds. The molecule has 0 atom stereocenters. The molecule has 8 heteroatoms. The summed E-state index contributed by atoms with van der Waals surface area (Å²) in [6, 6.07) is 7.32. The van der Waals surface area contributed by atoms with Crippen molar-refractivity contribution in [1.82, 2.24) is 5.43 Å². The van der Waals surface area contributed by atoms with Crippen LogP contribution in [0, 0.1) is 0 Å². The van der Waals surface area contributed by atoms with Crippen LogP contribution in [0.15, 0.2) is 35.4 Å². The van der Waals surface area contributed by atoms with Gasteiger partial charge in [-0.2, -0.15) is 27.1 Å². The molecule has 0 aliphatic rings. The summed E-state index contributed by atoms with van der Waals surface area (Å²) in [7, 11) is 0. The SMILES string of the molecule is O=C(N/N=C/C(F)(F)C(F)(F)F)c1ccccc1. The molecule has 98 valence electrons. The molecule has 1 rings (SSSR count). The number of hydrogen-bond donors (Lipinski definition) is 1. The van der Waals surface area contributed by atoms with Crippen molar-refractivity contribution >= 4 is 12.1 Å². The number of alkyl halides is 5. The molecule has 0 aromatic heterocycles. The summed E-state index contributed by atoms with van der Waals surface area (Å²) in [6.45, 7) is 0. The largest absolute Gasteiger partial charge is 0.459 e. The van der Waals surface area contributed by atoms with Crippen molar-refractivity contribution in [3.05, 3.63) is 35.9 Å². The van der Waals surface area contributed by atoms with E-state index in [0.717, 1.165) is 0 Å². The van der Waals surface area contributed by atoms with Gasteiger partial charge in [-0.05, 0) is 12.1 Å². The average Bonchev–Trinajstić information content (AvgIpc) is 2.28. The van der Waals surface area contributed by atoms with Crippen molar-refractivity contribution < 1.29 is 26.7 Å². The normalized spacial score (nSPS) is 12.7. The quantitative estimate of drug-likeness (QED) is 0.510. The van der Waals surface area contributed by atoms with Gasteiger partial charge in [0.15, 0.2) is 0 Å². The zero-order valence-corrected chi connectivity index (χ0v) is 8.71. The Kier molecular flexibility index (Phi) is 4.00. The smallest absolute Gasteiger partial charge is 0.267 e. The van der Waals surface area contributed by atoms with Crippen LogP contribution in [-0.2, 0) is 0 Å². The molecule has 0 aliphatic carbocycles. The monoisotopic (exact) mass is 266 g/mol. The molecule has 0 spiro atoms. The summed E-state index contributed by atoms with van der Waals surface area (Å²) in [5.41, 5.74) is 1.67. The molecular formula is C10H7F5N2O. The molecule has 0 unspecified atom stereocenters. The molecule has 1 aromatic rings. The zero-order valence-electron chi connectivity index (χ0n) is 8.71. The number of carbonyl (C=O) groups is 1. The van der Waals surface area contributed by atoms with Crippen molar-refractivity contribution in [2.24, 2.45) is 5.10 Å². The number of nitrogens with one attached hydrogen (secondary N) is 1. The first-order valence-electron chi connectivity index (χ1n) is 4.58. The minimum absolute atomic E-state index is 0.0879. The molecule has 0 radical (unpaired) electrons. The highest BCUT2D eigenvalue weighted by Gasteiger charge is 2.56. The molecule has 1 aromatic carbocycles. The Labute approximate surface area is 98.3 Å². The average molecular weight is 266 g/mol. The van der Waals surface area contributed by atoms with E-state index in [9.17, 15) is 26.7 Å². The van der Waals surface area contributed by atoms with Gasteiger partial charge >= 0.3 is 12.1 Å². The summed E-state index contributed by atoms with van der Waals surface area (Å²) in [4.78, 5) is 11.2. The Morgan fingerprint density at radius 3 is 2.17 bits per heavy atom. The van der Waals surface area contributed by atoms with Crippen LogP contribution < -0.4 is 5.43 Å². The van der Waals surface area contributed by atoms with Crippen LogP contribution in [0.1, 0.15) is 10.4 Å². The number of carbonyl (C=O) groups excluding carboxylic acids is 1. The van der Waals surface area contributed by atoms with Crippen molar-refractivity contribution in [3.63, 3.8) is 0 Å². The maximum atomic E-state index is 12.4. The van der Waals surface area contributed by atoms with Crippen LogP contribution in [0.5, 0.6) is 0 Å². The Hall–Kier alpha value is -1.99. The number of hydrazone groups is 1. The third-order valence-electron chi connectivity index (χ3n) is 1.81. The predicted molar refractivity (Wildman–Crippen MR) is 53.4 cm³/mol. The van der Waals surface area contributed by atoms with Gasteiger partial charge in [-0.25, -0.2) is 5.43 Å². The van der Waals surface area contributed by atoms with Crippen LogP contribution >= 0.6 is 0 Å². The zero-order chi connectivity index (χ0) is 13.8. The highest BCUT2D eigenvalue weighted by molar-refractivity contribution is 5.94. The fourth-order valence-electron chi connectivity index (χ4n) is 0.899. The van der Waals surface area contributed by atoms with E-state index in [1.807, 2.05) is 0 Å². The van der Waals surface area contributed by atoms with Gasteiger partial charge in [0.1, 0.15) is 6.21 Å². The molecule has 3 nitrogen and oxygen atoms in total. The van der Waals surface area contributed by atoms with Crippen molar-refractivity contribution in [2.45, 2.75) is 12.1 Å². The van der Waals surface area contributed by atoms with E-state index in [-0.39, 0.29) is 5.56 Å². The van der Waals surface area contributed by atoms with Gasteiger partial charge in [0.25, 0.3) is 5.91 Å². The molecule has 18 heavy (non-hydrogen) atoms. The minimum Gasteiger partial charge on any atom is -0.267 e. The first-order chi connectivity index (χ1) is 8.24. The summed E-state index contributed by atoms with van der Waals surface area (Å²) in [5.74, 6) is -5.97. The molecule has 1 N–H and O–H groups in total. The van der Waals surface area contributed by atoms with Gasteiger partial charge in [-0.1, -0.05) is 18.2 Å². The van der Waals surface area contributed by atoms with E-state index in [2.05, 4.69) is 5.10 Å². The van der Waals surface area contributed by atoms with Crippen molar-refractivity contribution in [3.8, 4) is 0 Å². The first-order valence-corrected chi connectivity index (χ1v) is 4.58. The Bertz CT molecular complexity index is 441. The standard InChI is InChI=1S/C10H7F5N2O/c11-9(12,10(13,14)15)6-16-17-8(18)7-4-2-1-3-5-7/h1-6H,(H,17,18)/b16-6+. The lowest BCUT2D eigenvalue weighted by Gasteiger charge is -2.14. The number of amides is 1. The first kappa shape index (κ1) is 14.1. The van der Waals surface area contributed by atoms with E-state index in [1.165, 1.54) is 24.3 Å². The van der Waals surface area contributed by atoms with Crippen molar-refractivity contribution in [1.29, 1.82) is 0 Å². The number of nitrogens with zero attached hydrogens (tertiary/aromatic N) is 1. The summed E-state index contributed by atoms with van der Waals surface area (Å²) in [5, 5.41) is 2.59. The second kappa shape index (κ2) is 5.11. The van der Waals surface area contributed by atoms with Gasteiger partial charge in [0.2, 0.25) is 0 Å². The number of hydrogen-bond acceptors (Lipinski definition) is 2. The predicted octanol–water partition coefficient (Wildman–Crippen LogP) is 2.60. The molecule has 0 fully saturated rings. The van der Waals surface area contributed by atoms with Gasteiger partial charge in [-0.3, -0.25) is 4.79 Å². The van der Waals surface area contributed by atoms with Crippen LogP contribution in [-0.4, -0.2) is 24.2 Å². The second-order valence-corrected chi connectivity index (χ2v) is 3.19. The lowest BCUT2D eigenvalue weighted by molar-refractivity contribution is -0.247. The van der Waals surface area contributed by atoms with Gasteiger partial charge in [0.05, 0.1) is 0 Å². The summed E-state index contributed by atoms with van der Waals surface area (Å²) >= 11 is 0. The lowest BCUT2D eigenvalue weighted by Crippen LogP contribution is -2.38. The second-order valence-electron chi connectivity index (χ2n) is 3.19. The Balaban J connectivity index is 2.64. The summed E-state index contributed by atoms with van der Waals surface area (Å²) < 4.78 is 59.9. The van der Waals surface area contributed by atoms with Crippen LogP contribution in [0.25, 0.3) is 0 Å². The summed E-state index contributed by atoms with van der Waals surface area (Å²) in [6.07, 6.45) is -6.40. The van der Waals surface area contributed by atoms with E-state index >= 15 is 0 Å². The van der Waals surface area contributed by atoms with Gasteiger partial charge in [0, 0.05) is 5.56 Å². The fraction of sp³-hybridized carbons (Fsp3) is 0.200. The van der Waals surface area contributed by atoms with Gasteiger partial charge < -0.3 is 0 Å². The van der Waals surface area contributed by atoms with Crippen molar-refractivity contribution in [2.75, 3.05) is 0 Å². The van der Waals surface area contributed by atoms with Crippen LogP contribution in [0.4, 0.5) is 22.0 Å². The fourth-order valence-corrected chi connectivity index (χ4v) is 0.899. The maximum Gasteiger partial charge on any atom is 0.459 e. The molecule has 0 saturated heterocycles. The maximum absolute atomic E-state index is 12.4. The highest BCUT2D eigenvalue weighted by Crippen LogP contribution is 2.33. The lowest BCUT2D eigenvalue weighted by atomic mass is 10.2. The number of benzene rings is 1. The minimum atomic E-state index is -5.74. The topological polar surface area (TPSA) is 41.5 Å². The molecule has 0 heterocycles.